The van der Waals surface area contributed by atoms with Crippen LogP contribution in [0.25, 0.3) is 0 Å². The number of nitrogens with zero attached hydrogens (tertiary/aromatic N) is 3. The van der Waals surface area contributed by atoms with Crippen molar-refractivity contribution in [3.8, 4) is 0 Å². The Morgan fingerprint density at radius 2 is 2.35 bits per heavy atom. The van der Waals surface area contributed by atoms with Gasteiger partial charge in [0, 0.05) is 25.4 Å². The molecule has 0 aliphatic carbocycles. The van der Waals surface area contributed by atoms with E-state index in [1.165, 1.54) is 6.33 Å². The predicted octanol–water partition coefficient (Wildman–Crippen LogP) is 2.14. The zero-order chi connectivity index (χ0) is 12.7. The van der Waals surface area contributed by atoms with Gasteiger partial charge in [-0.25, -0.2) is 9.97 Å². The van der Waals surface area contributed by atoms with E-state index in [1.807, 2.05) is 20.0 Å². The Morgan fingerprint density at radius 1 is 1.59 bits per heavy atom. The molecule has 0 saturated heterocycles. The monoisotopic (exact) mass is 253 g/mol. The van der Waals surface area contributed by atoms with Gasteiger partial charge in [0.05, 0.1) is 11.7 Å². The number of rotatable bonds is 6. The summed E-state index contributed by atoms with van der Waals surface area (Å²) in [5.74, 6) is 2.10. The number of hydrogen-bond acceptors (Lipinski definition) is 4. The van der Waals surface area contributed by atoms with Crippen molar-refractivity contribution in [2.24, 2.45) is 0 Å². The van der Waals surface area contributed by atoms with Crippen LogP contribution in [-0.4, -0.2) is 39.3 Å². The number of aromatic nitrogens is 2. The largest absolute Gasteiger partial charge is 0.337 e. The van der Waals surface area contributed by atoms with Crippen molar-refractivity contribution in [2.75, 3.05) is 18.6 Å². The normalized spacial score (nSPS) is 12.2. The summed E-state index contributed by atoms with van der Waals surface area (Å²) in [4.78, 5) is 21.7. The van der Waals surface area contributed by atoms with E-state index >= 15 is 0 Å². The lowest BCUT2D eigenvalue weighted by Crippen LogP contribution is -2.30. The summed E-state index contributed by atoms with van der Waals surface area (Å²) in [6.45, 7) is 4.08. The van der Waals surface area contributed by atoms with Crippen LogP contribution in [0.3, 0.4) is 0 Å². The van der Waals surface area contributed by atoms with Gasteiger partial charge in [0.2, 0.25) is 5.91 Å². The average Bonchev–Trinajstić information content (AvgIpc) is 2.38. The number of thioether (sulfide) groups is 1. The van der Waals surface area contributed by atoms with E-state index in [2.05, 4.69) is 16.9 Å². The third-order valence-electron chi connectivity index (χ3n) is 2.67. The highest BCUT2D eigenvalue weighted by Crippen LogP contribution is 2.16. The molecule has 0 aliphatic heterocycles. The van der Waals surface area contributed by atoms with Crippen molar-refractivity contribution in [1.29, 1.82) is 0 Å². The van der Waals surface area contributed by atoms with Crippen molar-refractivity contribution in [1.82, 2.24) is 14.9 Å². The topological polar surface area (TPSA) is 46.1 Å². The molecule has 5 heteroatoms. The second kappa shape index (κ2) is 7.27. The average molecular weight is 253 g/mol. The lowest BCUT2D eigenvalue weighted by molar-refractivity contribution is -0.131. The lowest BCUT2D eigenvalue weighted by Gasteiger charge is -2.24. The highest BCUT2D eigenvalue weighted by molar-refractivity contribution is 7.99. The number of carbonyl (C=O) groups is 1. The highest BCUT2D eigenvalue weighted by atomic mass is 32.2. The molecule has 0 aromatic carbocycles. The van der Waals surface area contributed by atoms with Gasteiger partial charge in [-0.1, -0.05) is 6.92 Å². The molecule has 1 rings (SSSR count). The van der Waals surface area contributed by atoms with Crippen molar-refractivity contribution >= 4 is 17.7 Å². The van der Waals surface area contributed by atoms with Crippen LogP contribution in [0.2, 0.25) is 0 Å². The Balaban J connectivity index is 2.51. The molecule has 0 saturated carbocycles. The second-order valence-corrected chi connectivity index (χ2v) is 5.16. The van der Waals surface area contributed by atoms with E-state index in [0.717, 1.165) is 17.2 Å². The minimum Gasteiger partial charge on any atom is -0.337 e. The van der Waals surface area contributed by atoms with E-state index in [0.29, 0.717) is 6.42 Å². The lowest BCUT2D eigenvalue weighted by atomic mass is 10.2. The smallest absolute Gasteiger partial charge is 0.223 e. The highest BCUT2D eigenvalue weighted by Gasteiger charge is 2.17. The standard InChI is InChI=1S/C12H19N3OS/c1-4-17-8-6-12(16)15(3)10(2)11-5-7-13-9-14-11/h5,7,9-10H,4,6,8H2,1-3H3/t10-/m1/s1. The van der Waals surface area contributed by atoms with Gasteiger partial charge in [-0.3, -0.25) is 4.79 Å². The summed E-state index contributed by atoms with van der Waals surface area (Å²) in [6, 6.07) is 1.84. The zero-order valence-electron chi connectivity index (χ0n) is 10.6. The summed E-state index contributed by atoms with van der Waals surface area (Å²) in [5, 5.41) is 0. The fraction of sp³-hybridized carbons (Fsp3) is 0.583. The molecule has 0 radical (unpaired) electrons. The molecule has 1 amide bonds. The van der Waals surface area contributed by atoms with E-state index in [4.69, 9.17) is 0 Å². The maximum atomic E-state index is 11.9. The SMILES string of the molecule is CCSCCC(=O)N(C)[C@H](C)c1ccncn1. The van der Waals surface area contributed by atoms with E-state index in [1.54, 1.807) is 22.9 Å². The Kier molecular flexibility index (Phi) is 5.97. The van der Waals surface area contributed by atoms with E-state index in [-0.39, 0.29) is 11.9 Å². The van der Waals surface area contributed by atoms with Crippen LogP contribution in [-0.2, 0) is 4.79 Å². The molecule has 1 aromatic heterocycles. The molecule has 0 N–H and O–H groups in total. The number of hydrogen-bond donors (Lipinski definition) is 0. The third-order valence-corrected chi connectivity index (χ3v) is 3.57. The van der Waals surface area contributed by atoms with Crippen molar-refractivity contribution in [2.45, 2.75) is 26.3 Å². The molecule has 0 spiro atoms. The molecule has 0 aliphatic rings. The molecule has 1 heterocycles. The van der Waals surface area contributed by atoms with E-state index in [9.17, 15) is 4.79 Å². The Bertz CT molecular complexity index is 345. The first kappa shape index (κ1) is 14.0. The number of carbonyl (C=O) groups excluding carboxylic acids is 1. The molecular formula is C12H19N3OS. The molecule has 1 atom stereocenters. The van der Waals surface area contributed by atoms with E-state index < -0.39 is 0 Å². The van der Waals surface area contributed by atoms with Crippen LogP contribution in [0.5, 0.6) is 0 Å². The molecule has 0 bridgehead atoms. The molecule has 0 fully saturated rings. The van der Waals surface area contributed by atoms with Crippen LogP contribution in [0, 0.1) is 0 Å². The summed E-state index contributed by atoms with van der Waals surface area (Å²) in [6.07, 6.45) is 3.80. The maximum absolute atomic E-state index is 11.9. The van der Waals surface area contributed by atoms with Gasteiger partial charge >= 0.3 is 0 Å². The van der Waals surface area contributed by atoms with Crippen LogP contribution in [0.15, 0.2) is 18.6 Å². The molecule has 17 heavy (non-hydrogen) atoms. The minimum absolute atomic E-state index is 0.00266. The van der Waals surface area contributed by atoms with Gasteiger partial charge < -0.3 is 4.90 Å². The Labute approximate surface area is 107 Å². The Hall–Kier alpha value is -1.10. The van der Waals surface area contributed by atoms with Gasteiger partial charge in [-0.2, -0.15) is 11.8 Å². The van der Waals surface area contributed by atoms with Crippen LogP contribution < -0.4 is 0 Å². The zero-order valence-corrected chi connectivity index (χ0v) is 11.4. The quantitative estimate of drug-likeness (QED) is 0.729. The fourth-order valence-electron chi connectivity index (χ4n) is 1.44. The molecule has 4 nitrogen and oxygen atoms in total. The van der Waals surface area contributed by atoms with Gasteiger partial charge in [0.25, 0.3) is 0 Å². The molecule has 1 aromatic rings. The van der Waals surface area contributed by atoms with Gasteiger partial charge in [-0.05, 0) is 18.7 Å². The molecule has 0 unspecified atom stereocenters. The van der Waals surface area contributed by atoms with Crippen molar-refractivity contribution in [3.05, 3.63) is 24.3 Å². The molecule has 94 valence electrons. The summed E-state index contributed by atoms with van der Waals surface area (Å²) >= 11 is 1.79. The fourth-order valence-corrected chi connectivity index (χ4v) is 2.05. The van der Waals surface area contributed by atoms with Gasteiger partial charge in [-0.15, -0.1) is 0 Å². The van der Waals surface area contributed by atoms with Crippen LogP contribution in [0.4, 0.5) is 0 Å². The number of amides is 1. The van der Waals surface area contributed by atoms with Crippen molar-refractivity contribution < 1.29 is 4.79 Å². The first-order valence-corrected chi connectivity index (χ1v) is 6.91. The minimum atomic E-state index is -0.00266. The summed E-state index contributed by atoms with van der Waals surface area (Å²) < 4.78 is 0. The van der Waals surface area contributed by atoms with Gasteiger partial charge in [0.15, 0.2) is 0 Å². The van der Waals surface area contributed by atoms with Crippen LogP contribution in [0.1, 0.15) is 32.0 Å². The van der Waals surface area contributed by atoms with Crippen molar-refractivity contribution in [3.63, 3.8) is 0 Å². The summed E-state index contributed by atoms with van der Waals surface area (Å²) in [7, 11) is 1.83. The first-order valence-electron chi connectivity index (χ1n) is 5.76. The Morgan fingerprint density at radius 3 is 2.94 bits per heavy atom. The predicted molar refractivity (Wildman–Crippen MR) is 70.8 cm³/mol. The third kappa shape index (κ3) is 4.34. The summed E-state index contributed by atoms with van der Waals surface area (Å²) in [5.41, 5.74) is 0.874. The first-order chi connectivity index (χ1) is 8.16. The maximum Gasteiger partial charge on any atom is 0.223 e. The van der Waals surface area contributed by atoms with Gasteiger partial charge in [0.1, 0.15) is 6.33 Å². The second-order valence-electron chi connectivity index (χ2n) is 3.76. The van der Waals surface area contributed by atoms with Crippen LogP contribution >= 0.6 is 11.8 Å². The molecular weight excluding hydrogens is 234 g/mol.